The highest BCUT2D eigenvalue weighted by Crippen LogP contribution is 2.33. The lowest BCUT2D eigenvalue weighted by Gasteiger charge is -2.15. The first-order valence-corrected chi connectivity index (χ1v) is 10.9. The summed E-state index contributed by atoms with van der Waals surface area (Å²) >= 11 is 0. The molecule has 3 aromatic heterocycles. The first kappa shape index (κ1) is 21.0. The van der Waals surface area contributed by atoms with Crippen molar-refractivity contribution in [2.75, 3.05) is 0 Å². The van der Waals surface area contributed by atoms with E-state index >= 15 is 0 Å². The van der Waals surface area contributed by atoms with Gasteiger partial charge in [0.1, 0.15) is 0 Å². The van der Waals surface area contributed by atoms with Gasteiger partial charge < -0.3 is 0 Å². The van der Waals surface area contributed by atoms with Crippen molar-refractivity contribution in [3.05, 3.63) is 113 Å². The second kappa shape index (κ2) is 7.77. The lowest BCUT2D eigenvalue weighted by Crippen LogP contribution is -2.18. The highest BCUT2D eigenvalue weighted by molar-refractivity contribution is 6.05. The van der Waals surface area contributed by atoms with Gasteiger partial charge in [-0.2, -0.15) is 13.2 Å². The van der Waals surface area contributed by atoms with E-state index < -0.39 is 17.3 Å². The lowest BCUT2D eigenvalue weighted by molar-refractivity contribution is -0.137. The van der Waals surface area contributed by atoms with Gasteiger partial charge >= 0.3 is 6.18 Å². The summed E-state index contributed by atoms with van der Waals surface area (Å²) in [5, 5.41) is 2.30. The summed E-state index contributed by atoms with van der Waals surface area (Å²) in [6.07, 6.45) is -1.16. The predicted molar refractivity (Wildman–Crippen MR) is 131 cm³/mol. The van der Waals surface area contributed by atoms with Gasteiger partial charge in [-0.1, -0.05) is 24.3 Å². The zero-order valence-electron chi connectivity index (χ0n) is 18.1. The number of rotatable bonds is 2. The molecule has 3 heterocycles. The molecule has 4 nitrogen and oxygen atoms in total. The first-order valence-electron chi connectivity index (χ1n) is 10.9. The van der Waals surface area contributed by atoms with Crippen LogP contribution in [0.2, 0.25) is 0 Å². The summed E-state index contributed by atoms with van der Waals surface area (Å²) < 4.78 is 41.5. The lowest BCUT2D eigenvalue weighted by atomic mass is 10.00. The van der Waals surface area contributed by atoms with E-state index in [4.69, 9.17) is 0 Å². The molecule has 0 amide bonds. The smallest absolute Gasteiger partial charge is 0.276 e. The number of hydrogen-bond donors (Lipinski definition) is 0. The Hall–Kier alpha value is -4.52. The Labute approximate surface area is 196 Å². The summed E-state index contributed by atoms with van der Waals surface area (Å²) in [6, 6.07) is 23.3. The quantitative estimate of drug-likeness (QED) is 0.264. The van der Waals surface area contributed by atoms with Crippen LogP contribution in [0.25, 0.3) is 49.5 Å². The molecule has 6 rings (SSSR count). The third kappa shape index (κ3) is 3.61. The molecular weight excluding hydrogens is 451 g/mol. The summed E-state index contributed by atoms with van der Waals surface area (Å²) in [5.41, 5.74) is 2.76. The second-order valence-electron chi connectivity index (χ2n) is 8.26. The number of hydrogen-bond acceptors (Lipinski definition) is 3. The number of pyridine rings is 3. The van der Waals surface area contributed by atoms with Crippen LogP contribution in [-0.2, 0) is 6.18 Å². The number of nitrogens with zero attached hydrogens (tertiary/aromatic N) is 3. The third-order valence-electron chi connectivity index (χ3n) is 6.09. The molecule has 0 spiro atoms. The minimum absolute atomic E-state index is 0.144. The fourth-order valence-corrected chi connectivity index (χ4v) is 4.42. The summed E-state index contributed by atoms with van der Waals surface area (Å²) in [7, 11) is 0. The van der Waals surface area contributed by atoms with Crippen molar-refractivity contribution < 1.29 is 13.2 Å². The van der Waals surface area contributed by atoms with Crippen molar-refractivity contribution in [1.29, 1.82) is 0 Å². The van der Waals surface area contributed by atoms with Gasteiger partial charge in [0.2, 0.25) is 0 Å². The zero-order chi connectivity index (χ0) is 24.2. The molecule has 0 aliphatic carbocycles. The van der Waals surface area contributed by atoms with E-state index in [-0.39, 0.29) is 5.69 Å². The van der Waals surface area contributed by atoms with Crippen LogP contribution < -0.4 is 5.56 Å². The van der Waals surface area contributed by atoms with Crippen molar-refractivity contribution in [3.8, 4) is 16.8 Å². The van der Waals surface area contributed by atoms with Gasteiger partial charge in [-0.3, -0.25) is 19.3 Å². The molecule has 0 aliphatic rings. The molecule has 0 radical (unpaired) electrons. The normalized spacial score (nSPS) is 12.0. The molecule has 0 saturated carbocycles. The summed E-state index contributed by atoms with van der Waals surface area (Å²) in [6.45, 7) is 0. The topological polar surface area (TPSA) is 47.8 Å². The van der Waals surface area contributed by atoms with Gasteiger partial charge in [-0.05, 0) is 65.7 Å². The maximum atomic E-state index is 13.4. The average molecular weight is 467 g/mol. The van der Waals surface area contributed by atoms with Crippen LogP contribution in [0.4, 0.5) is 13.2 Å². The van der Waals surface area contributed by atoms with E-state index in [9.17, 15) is 18.0 Å². The van der Waals surface area contributed by atoms with Gasteiger partial charge in [-0.25, -0.2) is 0 Å². The third-order valence-corrected chi connectivity index (χ3v) is 6.09. The molecule has 0 saturated heterocycles. The average Bonchev–Trinajstić information content (AvgIpc) is 2.87. The minimum Gasteiger partial charge on any atom is -0.276 e. The maximum absolute atomic E-state index is 13.4. The van der Waals surface area contributed by atoms with Crippen molar-refractivity contribution >= 4 is 32.7 Å². The number of aromatic nitrogens is 3. The molecule has 0 fully saturated rings. The molecule has 7 heteroatoms. The van der Waals surface area contributed by atoms with Crippen molar-refractivity contribution in [2.45, 2.75) is 6.18 Å². The van der Waals surface area contributed by atoms with E-state index in [2.05, 4.69) is 9.97 Å². The van der Waals surface area contributed by atoms with E-state index in [1.807, 2.05) is 48.5 Å². The fourth-order valence-electron chi connectivity index (χ4n) is 4.42. The van der Waals surface area contributed by atoms with Gasteiger partial charge in [0.15, 0.2) is 0 Å². The van der Waals surface area contributed by atoms with Crippen molar-refractivity contribution in [1.82, 2.24) is 14.5 Å². The van der Waals surface area contributed by atoms with Gasteiger partial charge in [-0.15, -0.1) is 0 Å². The Morgan fingerprint density at radius 3 is 2.34 bits per heavy atom. The Balaban J connectivity index is 1.64. The highest BCUT2D eigenvalue weighted by Gasteiger charge is 2.30. The summed E-state index contributed by atoms with van der Waals surface area (Å²) in [4.78, 5) is 21.9. The van der Waals surface area contributed by atoms with Crippen LogP contribution >= 0.6 is 0 Å². The number of alkyl halides is 3. The molecule has 0 unspecified atom stereocenters. The Bertz CT molecular complexity index is 1820. The fraction of sp³-hybridized carbons (Fsp3) is 0.0357. The van der Waals surface area contributed by atoms with Crippen LogP contribution in [0.15, 0.2) is 102 Å². The Kier molecular flexibility index (Phi) is 4.67. The highest BCUT2D eigenvalue weighted by atomic mass is 19.4. The van der Waals surface area contributed by atoms with E-state index in [0.29, 0.717) is 21.8 Å². The molecule has 0 bridgehead atoms. The van der Waals surface area contributed by atoms with Crippen molar-refractivity contribution in [3.63, 3.8) is 0 Å². The summed E-state index contributed by atoms with van der Waals surface area (Å²) in [5.74, 6) is 0. The zero-order valence-corrected chi connectivity index (χ0v) is 18.1. The van der Waals surface area contributed by atoms with Crippen molar-refractivity contribution in [2.24, 2.45) is 0 Å². The molecule has 170 valence electrons. The maximum Gasteiger partial charge on any atom is 0.416 e. The first-order chi connectivity index (χ1) is 16.9. The molecule has 3 aromatic carbocycles. The minimum atomic E-state index is -4.52. The van der Waals surface area contributed by atoms with Gasteiger partial charge in [0.25, 0.3) is 5.56 Å². The molecular formula is C28H16F3N3O. The van der Waals surface area contributed by atoms with Crippen LogP contribution in [0.1, 0.15) is 5.56 Å². The van der Waals surface area contributed by atoms with Crippen LogP contribution in [0, 0.1) is 0 Å². The monoisotopic (exact) mass is 467 g/mol. The molecule has 0 aliphatic heterocycles. The number of halogens is 3. The van der Waals surface area contributed by atoms with Crippen LogP contribution in [0.5, 0.6) is 0 Å². The predicted octanol–water partition coefficient (Wildman–Crippen LogP) is 6.77. The van der Waals surface area contributed by atoms with Crippen LogP contribution in [0.3, 0.4) is 0 Å². The Morgan fingerprint density at radius 2 is 1.51 bits per heavy atom. The van der Waals surface area contributed by atoms with Gasteiger partial charge in [0.05, 0.1) is 22.1 Å². The van der Waals surface area contributed by atoms with E-state index in [1.54, 1.807) is 18.5 Å². The SMILES string of the molecule is O=c1ccc2cnc3ccc(-c4ccc5ncccc5c4)cc3c2n1-c1cccc(C(F)(F)F)c1. The molecule has 0 N–H and O–H groups in total. The van der Waals surface area contributed by atoms with E-state index in [1.165, 1.54) is 22.8 Å². The molecule has 6 aromatic rings. The molecule has 0 atom stereocenters. The number of benzene rings is 3. The second-order valence-corrected chi connectivity index (χ2v) is 8.26. The van der Waals surface area contributed by atoms with Gasteiger partial charge in [0, 0.05) is 40.3 Å². The number of fused-ring (bicyclic) bond motifs is 4. The van der Waals surface area contributed by atoms with E-state index in [0.717, 1.165) is 34.2 Å². The van der Waals surface area contributed by atoms with Crippen LogP contribution in [-0.4, -0.2) is 14.5 Å². The Morgan fingerprint density at radius 1 is 0.714 bits per heavy atom. The largest absolute Gasteiger partial charge is 0.416 e. The molecule has 35 heavy (non-hydrogen) atoms. The standard InChI is InChI=1S/C28H16F3N3O/c29-28(30,31)21-4-1-5-22(15-21)34-26(35)11-8-20-16-33-25-10-7-18(14-23(25)27(20)34)17-6-9-24-19(13-17)3-2-12-32-24/h1-16H.